The summed E-state index contributed by atoms with van der Waals surface area (Å²) in [6.45, 7) is 3.74. The van der Waals surface area contributed by atoms with Crippen molar-refractivity contribution in [1.29, 1.82) is 0 Å². The molecule has 1 unspecified atom stereocenters. The molecule has 0 N–H and O–H groups in total. The predicted molar refractivity (Wildman–Crippen MR) is 39.2 cm³/mol. The Morgan fingerprint density at radius 1 is 1.44 bits per heavy atom. The Morgan fingerprint density at radius 3 is 2.00 bits per heavy atom. The quantitative estimate of drug-likeness (QED) is 0.606. The number of rotatable bonds is 3. The zero-order valence-corrected chi connectivity index (χ0v) is 7.03. The molecule has 0 saturated heterocycles. The lowest BCUT2D eigenvalue weighted by Gasteiger charge is -2.05. The summed E-state index contributed by atoms with van der Waals surface area (Å²) in [5, 5.41) is -0.164. The van der Waals surface area contributed by atoms with E-state index in [1.54, 1.807) is 6.92 Å². The largest absolute Gasteiger partial charge is 0.229 e. The van der Waals surface area contributed by atoms with Crippen molar-refractivity contribution in [1.82, 2.24) is 0 Å². The lowest BCUT2D eigenvalue weighted by Crippen LogP contribution is -2.14. The summed E-state index contributed by atoms with van der Waals surface area (Å²) in [6, 6.07) is 0. The summed E-state index contributed by atoms with van der Waals surface area (Å²) < 4.78 is 21.4. The van der Waals surface area contributed by atoms with Crippen LogP contribution < -0.4 is 0 Å². The van der Waals surface area contributed by atoms with Gasteiger partial charge in [-0.05, 0) is 13.3 Å². The number of sulfone groups is 1. The first kappa shape index (κ1) is 8.95. The number of hydrogen-bond donors (Lipinski definition) is 0. The topological polar surface area (TPSA) is 34.1 Å². The van der Waals surface area contributed by atoms with Gasteiger partial charge in [0.1, 0.15) is 9.84 Å². The highest BCUT2D eigenvalue weighted by molar-refractivity contribution is 7.91. The summed E-state index contributed by atoms with van der Waals surface area (Å²) in [5.41, 5.74) is 0. The van der Waals surface area contributed by atoms with Gasteiger partial charge in [0.25, 0.3) is 0 Å². The molecular formula is C6H14O2S. The summed E-state index contributed by atoms with van der Waals surface area (Å²) >= 11 is 0. The van der Waals surface area contributed by atoms with Gasteiger partial charge in [0.15, 0.2) is 0 Å². The van der Waals surface area contributed by atoms with Gasteiger partial charge in [-0.15, -0.1) is 0 Å². The molecule has 56 valence electrons. The molecule has 0 aromatic rings. The van der Waals surface area contributed by atoms with Crippen molar-refractivity contribution >= 4 is 9.84 Å². The molecule has 0 amide bonds. The minimum atomic E-state index is -2.76. The van der Waals surface area contributed by atoms with Crippen LogP contribution in [-0.4, -0.2) is 19.9 Å². The molecular weight excluding hydrogens is 136 g/mol. The van der Waals surface area contributed by atoms with Crippen LogP contribution in [-0.2, 0) is 9.84 Å². The second-order valence-electron chi connectivity index (χ2n) is 2.43. The molecule has 0 aromatic carbocycles. The SMILES string of the molecule is CCCC(C)S(C)(=O)=O. The molecule has 0 aromatic heterocycles. The van der Waals surface area contributed by atoms with Gasteiger partial charge in [0.2, 0.25) is 0 Å². The first-order valence-corrected chi connectivity index (χ1v) is 5.12. The normalized spacial score (nSPS) is 15.4. The van der Waals surface area contributed by atoms with E-state index in [1.807, 2.05) is 6.92 Å². The molecule has 0 aliphatic rings. The van der Waals surface area contributed by atoms with Crippen LogP contribution in [0, 0.1) is 0 Å². The summed E-state index contributed by atoms with van der Waals surface area (Å²) in [6.07, 6.45) is 3.00. The van der Waals surface area contributed by atoms with Gasteiger partial charge < -0.3 is 0 Å². The molecule has 0 radical (unpaired) electrons. The highest BCUT2D eigenvalue weighted by Gasteiger charge is 2.12. The Kier molecular flexibility index (Phi) is 3.18. The van der Waals surface area contributed by atoms with Crippen molar-refractivity contribution in [2.75, 3.05) is 6.26 Å². The Morgan fingerprint density at radius 2 is 1.89 bits per heavy atom. The van der Waals surface area contributed by atoms with Gasteiger partial charge in [-0.2, -0.15) is 0 Å². The van der Waals surface area contributed by atoms with E-state index in [9.17, 15) is 8.42 Å². The van der Waals surface area contributed by atoms with Crippen molar-refractivity contribution in [2.45, 2.75) is 31.9 Å². The zero-order valence-electron chi connectivity index (χ0n) is 6.22. The first-order valence-electron chi connectivity index (χ1n) is 3.17. The fourth-order valence-corrected chi connectivity index (χ4v) is 1.28. The van der Waals surface area contributed by atoms with Crippen LogP contribution in [0.2, 0.25) is 0 Å². The van der Waals surface area contributed by atoms with Crippen LogP contribution in [0.15, 0.2) is 0 Å². The highest BCUT2D eigenvalue weighted by Crippen LogP contribution is 2.04. The maximum atomic E-state index is 10.7. The van der Waals surface area contributed by atoms with Gasteiger partial charge in [-0.3, -0.25) is 0 Å². The third kappa shape index (κ3) is 3.51. The first-order chi connectivity index (χ1) is 3.98. The van der Waals surface area contributed by atoms with Crippen molar-refractivity contribution in [2.24, 2.45) is 0 Å². The van der Waals surface area contributed by atoms with E-state index < -0.39 is 9.84 Å². The van der Waals surface area contributed by atoms with Crippen molar-refractivity contribution in [3.63, 3.8) is 0 Å². The molecule has 0 spiro atoms. The maximum absolute atomic E-state index is 10.7. The molecule has 2 nitrogen and oxygen atoms in total. The monoisotopic (exact) mass is 150 g/mol. The Labute approximate surface area is 57.2 Å². The maximum Gasteiger partial charge on any atom is 0.150 e. The van der Waals surface area contributed by atoms with Crippen LogP contribution in [0.4, 0.5) is 0 Å². The van der Waals surface area contributed by atoms with E-state index in [-0.39, 0.29) is 5.25 Å². The van der Waals surface area contributed by atoms with Gasteiger partial charge in [-0.1, -0.05) is 13.3 Å². The van der Waals surface area contributed by atoms with E-state index in [0.29, 0.717) is 0 Å². The van der Waals surface area contributed by atoms with E-state index >= 15 is 0 Å². The predicted octanol–water partition coefficient (Wildman–Crippen LogP) is 1.22. The average molecular weight is 150 g/mol. The zero-order chi connectivity index (χ0) is 7.49. The van der Waals surface area contributed by atoms with Gasteiger partial charge in [0.05, 0.1) is 5.25 Å². The molecule has 0 fully saturated rings. The minimum absolute atomic E-state index is 0.164. The van der Waals surface area contributed by atoms with E-state index in [4.69, 9.17) is 0 Å². The third-order valence-corrected chi connectivity index (χ3v) is 3.12. The van der Waals surface area contributed by atoms with E-state index in [0.717, 1.165) is 12.8 Å². The van der Waals surface area contributed by atoms with E-state index in [2.05, 4.69) is 0 Å². The lowest BCUT2D eigenvalue weighted by atomic mass is 10.3. The fourth-order valence-electron chi connectivity index (χ4n) is 0.621. The molecule has 0 bridgehead atoms. The van der Waals surface area contributed by atoms with Gasteiger partial charge >= 0.3 is 0 Å². The van der Waals surface area contributed by atoms with Crippen molar-refractivity contribution < 1.29 is 8.42 Å². The summed E-state index contributed by atoms with van der Waals surface area (Å²) in [7, 11) is -2.76. The van der Waals surface area contributed by atoms with Crippen LogP contribution >= 0.6 is 0 Å². The summed E-state index contributed by atoms with van der Waals surface area (Å²) in [4.78, 5) is 0. The molecule has 0 aliphatic heterocycles. The molecule has 0 saturated carbocycles. The van der Waals surface area contributed by atoms with Gasteiger partial charge in [0, 0.05) is 6.26 Å². The molecule has 0 aliphatic carbocycles. The summed E-state index contributed by atoms with van der Waals surface area (Å²) in [5.74, 6) is 0. The Bertz CT molecular complexity index is 158. The third-order valence-electron chi connectivity index (χ3n) is 1.43. The van der Waals surface area contributed by atoms with Crippen LogP contribution in [0.25, 0.3) is 0 Å². The van der Waals surface area contributed by atoms with Crippen LogP contribution in [0.1, 0.15) is 26.7 Å². The Hall–Kier alpha value is -0.0500. The highest BCUT2D eigenvalue weighted by atomic mass is 32.2. The lowest BCUT2D eigenvalue weighted by molar-refractivity contribution is 0.582. The van der Waals surface area contributed by atoms with E-state index in [1.165, 1.54) is 6.26 Å². The number of hydrogen-bond acceptors (Lipinski definition) is 2. The fraction of sp³-hybridized carbons (Fsp3) is 1.00. The van der Waals surface area contributed by atoms with Crippen molar-refractivity contribution in [3.05, 3.63) is 0 Å². The minimum Gasteiger partial charge on any atom is -0.229 e. The average Bonchev–Trinajstić information content (AvgIpc) is 1.64. The molecule has 9 heavy (non-hydrogen) atoms. The molecule has 1 atom stereocenters. The Balaban J connectivity index is 3.90. The smallest absolute Gasteiger partial charge is 0.150 e. The standard InChI is InChI=1S/C6H14O2S/c1-4-5-6(2)9(3,7)8/h6H,4-5H2,1-3H3. The second kappa shape index (κ2) is 3.20. The van der Waals surface area contributed by atoms with Crippen LogP contribution in [0.3, 0.4) is 0 Å². The molecule has 0 heterocycles. The molecule has 3 heteroatoms. The second-order valence-corrected chi connectivity index (χ2v) is 4.89. The van der Waals surface area contributed by atoms with Gasteiger partial charge in [-0.25, -0.2) is 8.42 Å². The molecule has 0 rings (SSSR count). The van der Waals surface area contributed by atoms with Crippen LogP contribution in [0.5, 0.6) is 0 Å². The van der Waals surface area contributed by atoms with Crippen molar-refractivity contribution in [3.8, 4) is 0 Å².